The molecule has 0 saturated heterocycles. The van der Waals surface area contributed by atoms with Gasteiger partial charge in [0, 0.05) is 19.8 Å². The van der Waals surface area contributed by atoms with Crippen LogP contribution in [0, 0.1) is 13.8 Å². The van der Waals surface area contributed by atoms with Crippen molar-refractivity contribution in [2.45, 2.75) is 26.6 Å². The van der Waals surface area contributed by atoms with E-state index in [1.54, 1.807) is 6.07 Å². The molecule has 0 aliphatic carbocycles. The van der Waals surface area contributed by atoms with Gasteiger partial charge in [0.15, 0.2) is 11.6 Å². The number of Topliss-reactive ketones (excluding diaryl/α,β-unsaturated/α-hetero) is 2. The molecule has 0 amide bonds. The van der Waals surface area contributed by atoms with Gasteiger partial charge in [-0.25, -0.2) is 0 Å². The van der Waals surface area contributed by atoms with Gasteiger partial charge in [0.25, 0.3) is 0 Å². The topological polar surface area (TPSA) is 52.6 Å². The summed E-state index contributed by atoms with van der Waals surface area (Å²) in [7, 11) is 2.74. The van der Waals surface area contributed by atoms with Crippen molar-refractivity contribution in [3.63, 3.8) is 0 Å². The molecule has 1 rings (SSSR count). The standard InChI is InChI=1S/C14H18O4/c1-9-5-6-11(10(2)7-9)12(15)8-13(16)14(17-3)18-4/h5-7,14H,8H2,1-4H3. The van der Waals surface area contributed by atoms with Crippen LogP contribution in [-0.4, -0.2) is 32.1 Å². The molecule has 0 unspecified atom stereocenters. The number of methoxy groups -OCH3 is 2. The minimum atomic E-state index is -0.972. The molecule has 0 spiro atoms. The van der Waals surface area contributed by atoms with Crippen LogP contribution in [-0.2, 0) is 14.3 Å². The van der Waals surface area contributed by atoms with Crippen molar-refractivity contribution in [2.75, 3.05) is 14.2 Å². The summed E-state index contributed by atoms with van der Waals surface area (Å²) in [6.07, 6.45) is -1.18. The highest BCUT2D eigenvalue weighted by molar-refractivity contribution is 6.09. The number of benzene rings is 1. The fourth-order valence-corrected chi connectivity index (χ4v) is 1.82. The smallest absolute Gasteiger partial charge is 0.217 e. The molecule has 0 N–H and O–H groups in total. The maximum Gasteiger partial charge on any atom is 0.217 e. The van der Waals surface area contributed by atoms with Crippen LogP contribution in [0.1, 0.15) is 27.9 Å². The van der Waals surface area contributed by atoms with E-state index < -0.39 is 6.29 Å². The Morgan fingerprint density at radius 3 is 2.28 bits per heavy atom. The zero-order valence-electron chi connectivity index (χ0n) is 11.1. The lowest BCUT2D eigenvalue weighted by atomic mass is 9.99. The normalized spacial score (nSPS) is 10.7. The zero-order valence-corrected chi connectivity index (χ0v) is 11.1. The number of ether oxygens (including phenoxy) is 2. The van der Waals surface area contributed by atoms with Crippen molar-refractivity contribution >= 4 is 11.6 Å². The van der Waals surface area contributed by atoms with Crippen LogP contribution in [0.25, 0.3) is 0 Å². The monoisotopic (exact) mass is 250 g/mol. The van der Waals surface area contributed by atoms with Gasteiger partial charge in [-0.05, 0) is 19.4 Å². The molecule has 0 radical (unpaired) electrons. The van der Waals surface area contributed by atoms with Gasteiger partial charge >= 0.3 is 0 Å². The van der Waals surface area contributed by atoms with Gasteiger partial charge in [-0.2, -0.15) is 0 Å². The van der Waals surface area contributed by atoms with E-state index in [0.717, 1.165) is 11.1 Å². The number of carbonyl (C=O) groups is 2. The highest BCUT2D eigenvalue weighted by Gasteiger charge is 2.21. The molecule has 4 heteroatoms. The van der Waals surface area contributed by atoms with Gasteiger partial charge in [-0.15, -0.1) is 0 Å². The van der Waals surface area contributed by atoms with E-state index in [4.69, 9.17) is 9.47 Å². The number of carbonyl (C=O) groups excluding carboxylic acids is 2. The SMILES string of the molecule is COC(OC)C(=O)CC(=O)c1ccc(C)cc1C. The van der Waals surface area contributed by atoms with Gasteiger partial charge in [0.1, 0.15) is 0 Å². The molecule has 1 aromatic rings. The van der Waals surface area contributed by atoms with Gasteiger partial charge in [-0.3, -0.25) is 9.59 Å². The fourth-order valence-electron chi connectivity index (χ4n) is 1.82. The van der Waals surface area contributed by atoms with Gasteiger partial charge in [0.2, 0.25) is 6.29 Å². The second-order valence-electron chi connectivity index (χ2n) is 4.19. The molecule has 0 bridgehead atoms. The van der Waals surface area contributed by atoms with Crippen LogP contribution in [0.15, 0.2) is 18.2 Å². The lowest BCUT2D eigenvalue weighted by molar-refractivity contribution is -0.155. The summed E-state index contributed by atoms with van der Waals surface area (Å²) >= 11 is 0. The molecular weight excluding hydrogens is 232 g/mol. The molecule has 0 aliphatic heterocycles. The number of rotatable bonds is 6. The summed E-state index contributed by atoms with van der Waals surface area (Å²) in [5.41, 5.74) is 2.53. The first-order valence-corrected chi connectivity index (χ1v) is 5.68. The molecule has 0 aromatic heterocycles. The number of hydrogen-bond donors (Lipinski definition) is 0. The highest BCUT2D eigenvalue weighted by atomic mass is 16.7. The van der Waals surface area contributed by atoms with Crippen LogP contribution in [0.4, 0.5) is 0 Å². The third-order valence-corrected chi connectivity index (χ3v) is 2.71. The summed E-state index contributed by atoms with van der Waals surface area (Å²) in [5.74, 6) is -0.582. The number of ketones is 2. The van der Waals surface area contributed by atoms with Crippen molar-refractivity contribution in [1.82, 2.24) is 0 Å². The van der Waals surface area contributed by atoms with Crippen molar-refractivity contribution in [3.8, 4) is 0 Å². The first kappa shape index (κ1) is 14.5. The van der Waals surface area contributed by atoms with Crippen LogP contribution in [0.2, 0.25) is 0 Å². The summed E-state index contributed by atoms with van der Waals surface area (Å²) in [6.45, 7) is 3.81. The van der Waals surface area contributed by atoms with Crippen molar-refractivity contribution in [1.29, 1.82) is 0 Å². The molecule has 98 valence electrons. The van der Waals surface area contributed by atoms with E-state index in [-0.39, 0.29) is 18.0 Å². The molecule has 0 heterocycles. The van der Waals surface area contributed by atoms with E-state index in [2.05, 4.69) is 0 Å². The van der Waals surface area contributed by atoms with Crippen LogP contribution >= 0.6 is 0 Å². The Bertz CT molecular complexity index is 447. The lowest BCUT2D eigenvalue weighted by Crippen LogP contribution is -2.27. The van der Waals surface area contributed by atoms with Gasteiger partial charge in [0.05, 0.1) is 6.42 Å². The third-order valence-electron chi connectivity index (χ3n) is 2.71. The predicted molar refractivity (Wildman–Crippen MR) is 67.7 cm³/mol. The predicted octanol–water partition coefficient (Wildman–Crippen LogP) is 2.06. The quantitative estimate of drug-likeness (QED) is 0.440. The summed E-state index contributed by atoms with van der Waals surface area (Å²) in [6, 6.07) is 5.52. The molecule has 18 heavy (non-hydrogen) atoms. The average molecular weight is 250 g/mol. The first-order valence-electron chi connectivity index (χ1n) is 5.68. The first-order chi connectivity index (χ1) is 8.49. The molecule has 4 nitrogen and oxygen atoms in total. The van der Waals surface area contributed by atoms with E-state index in [1.165, 1.54) is 14.2 Å². The minimum absolute atomic E-state index is 0.211. The zero-order chi connectivity index (χ0) is 13.7. The van der Waals surface area contributed by atoms with Crippen LogP contribution in [0.3, 0.4) is 0 Å². The summed E-state index contributed by atoms with van der Waals surface area (Å²) in [5, 5.41) is 0. The minimum Gasteiger partial charge on any atom is -0.349 e. The maximum absolute atomic E-state index is 12.0. The molecule has 0 saturated carbocycles. The number of aryl methyl sites for hydroxylation is 2. The number of hydrogen-bond acceptors (Lipinski definition) is 4. The Hall–Kier alpha value is -1.52. The lowest BCUT2D eigenvalue weighted by Gasteiger charge is -2.12. The Balaban J connectivity index is 2.79. The van der Waals surface area contributed by atoms with E-state index in [0.29, 0.717) is 5.56 Å². The Labute approximate surface area is 107 Å². The van der Waals surface area contributed by atoms with Gasteiger partial charge in [-0.1, -0.05) is 23.8 Å². The second-order valence-corrected chi connectivity index (χ2v) is 4.19. The van der Waals surface area contributed by atoms with Crippen LogP contribution in [0.5, 0.6) is 0 Å². The Morgan fingerprint density at radius 2 is 1.78 bits per heavy atom. The molecule has 0 atom stereocenters. The molecular formula is C14H18O4. The largest absolute Gasteiger partial charge is 0.349 e. The molecule has 0 aliphatic rings. The molecule has 1 aromatic carbocycles. The highest BCUT2D eigenvalue weighted by Crippen LogP contribution is 2.13. The molecule has 0 fully saturated rings. The Morgan fingerprint density at radius 1 is 1.17 bits per heavy atom. The third kappa shape index (κ3) is 3.48. The van der Waals surface area contributed by atoms with Gasteiger partial charge < -0.3 is 9.47 Å². The van der Waals surface area contributed by atoms with Crippen molar-refractivity contribution < 1.29 is 19.1 Å². The van der Waals surface area contributed by atoms with E-state index in [1.807, 2.05) is 26.0 Å². The summed E-state index contributed by atoms with van der Waals surface area (Å²) in [4.78, 5) is 23.7. The Kier molecular flexibility index (Phi) is 5.19. The average Bonchev–Trinajstić information content (AvgIpc) is 2.30. The summed E-state index contributed by atoms with van der Waals surface area (Å²) < 4.78 is 9.65. The van der Waals surface area contributed by atoms with Crippen LogP contribution < -0.4 is 0 Å². The second kappa shape index (κ2) is 6.42. The maximum atomic E-state index is 12.0. The fraction of sp³-hybridized carbons (Fsp3) is 0.429. The van der Waals surface area contributed by atoms with E-state index in [9.17, 15) is 9.59 Å². The van der Waals surface area contributed by atoms with Crippen molar-refractivity contribution in [3.05, 3.63) is 34.9 Å². The van der Waals surface area contributed by atoms with Crippen molar-refractivity contribution in [2.24, 2.45) is 0 Å². The van der Waals surface area contributed by atoms with E-state index >= 15 is 0 Å².